The zero-order valence-electron chi connectivity index (χ0n) is 15.5. The number of hydrogen-bond donors (Lipinski definition) is 4. The monoisotopic (exact) mass is 361 g/mol. The summed E-state index contributed by atoms with van der Waals surface area (Å²) in [7, 11) is 0. The van der Waals surface area contributed by atoms with Gasteiger partial charge in [0.1, 0.15) is 6.54 Å². The Morgan fingerprint density at radius 1 is 0.960 bits per heavy atom. The normalized spacial score (nSPS) is 15.8. The number of carbonyl (C=O) groups excluding carboxylic acids is 1. The molecule has 25 heavy (non-hydrogen) atoms. The van der Waals surface area contributed by atoms with Crippen molar-refractivity contribution in [2.75, 3.05) is 26.2 Å². The van der Waals surface area contributed by atoms with E-state index in [9.17, 15) is 29.7 Å². The molecule has 0 bridgehead atoms. The molecule has 0 rings (SSSR count). The Kier molecular flexibility index (Phi) is 11.0. The van der Waals surface area contributed by atoms with Crippen LogP contribution in [0.2, 0.25) is 0 Å². The quantitative estimate of drug-likeness (QED) is 0.268. The van der Waals surface area contributed by atoms with Gasteiger partial charge in [-0.15, -0.1) is 0 Å². The van der Waals surface area contributed by atoms with Gasteiger partial charge in [-0.3, -0.25) is 9.28 Å². The summed E-state index contributed by atoms with van der Waals surface area (Å²) in [6, 6.07) is -2.03. The number of aliphatic hydroxyl groups is 1. The topological polar surface area (TPSA) is 124 Å². The fourth-order valence-corrected chi connectivity index (χ4v) is 3.05. The highest BCUT2D eigenvalue weighted by Gasteiger charge is 2.46. The molecule has 0 spiro atoms. The van der Waals surface area contributed by atoms with E-state index in [1.807, 2.05) is 0 Å². The predicted octanol–water partition coefficient (Wildman–Crippen LogP) is 0.828. The highest BCUT2D eigenvalue weighted by molar-refractivity contribution is 5.76. The van der Waals surface area contributed by atoms with Crippen LogP contribution in [0.1, 0.15) is 52.9 Å². The minimum Gasteiger partial charge on any atom is -0.477 e. The van der Waals surface area contributed by atoms with E-state index in [-0.39, 0.29) is 36.6 Å². The summed E-state index contributed by atoms with van der Waals surface area (Å²) in [5.41, 5.74) is 0. The molecule has 146 valence electrons. The van der Waals surface area contributed by atoms with Crippen LogP contribution >= 0.6 is 0 Å². The number of nitrogens with zero attached hydrogens (tertiary/aromatic N) is 1. The number of quaternary nitrogens is 1. The summed E-state index contributed by atoms with van der Waals surface area (Å²) in [5, 5.41) is 30.8. The summed E-state index contributed by atoms with van der Waals surface area (Å²) in [5.74, 6) is -2.39. The molecule has 8 nitrogen and oxygen atoms in total. The number of unbranched alkanes of at least 4 members (excludes halogenated alkanes) is 3. The fraction of sp³-hybridized carbons (Fsp3) is 0.824. The van der Waals surface area contributed by atoms with Crippen LogP contribution in [-0.2, 0) is 14.4 Å². The molecule has 0 aromatic heterocycles. The number of rotatable bonds is 14. The number of nitrogens with one attached hydrogen (secondary N) is 1. The molecule has 8 heteroatoms. The molecule has 0 aromatic carbocycles. The van der Waals surface area contributed by atoms with E-state index < -0.39 is 24.0 Å². The Morgan fingerprint density at radius 2 is 1.52 bits per heavy atom. The molecular formula is C17H33N2O6+. The van der Waals surface area contributed by atoms with Crippen LogP contribution in [0.4, 0.5) is 0 Å². The second-order valence-corrected chi connectivity index (χ2v) is 6.46. The van der Waals surface area contributed by atoms with Crippen molar-refractivity contribution in [3.8, 4) is 0 Å². The van der Waals surface area contributed by atoms with Crippen molar-refractivity contribution in [3.63, 3.8) is 0 Å². The minimum atomic E-state index is -1.13. The van der Waals surface area contributed by atoms with E-state index in [1.165, 1.54) is 13.8 Å². The lowest BCUT2D eigenvalue weighted by Gasteiger charge is -2.44. The van der Waals surface area contributed by atoms with Gasteiger partial charge in [-0.1, -0.05) is 26.2 Å². The van der Waals surface area contributed by atoms with Crippen molar-refractivity contribution in [1.29, 1.82) is 0 Å². The van der Waals surface area contributed by atoms with Crippen LogP contribution in [0.15, 0.2) is 0 Å². The zero-order chi connectivity index (χ0) is 19.5. The van der Waals surface area contributed by atoms with Crippen molar-refractivity contribution in [2.45, 2.75) is 65.0 Å². The molecule has 0 aliphatic rings. The highest BCUT2D eigenvalue weighted by Crippen LogP contribution is 2.20. The maximum absolute atomic E-state index is 11.9. The first-order valence-corrected chi connectivity index (χ1v) is 8.92. The predicted molar refractivity (Wildman–Crippen MR) is 93.0 cm³/mol. The van der Waals surface area contributed by atoms with E-state index in [0.29, 0.717) is 6.42 Å². The number of hydrogen-bond acceptors (Lipinski definition) is 4. The number of aliphatic hydroxyl groups excluding tert-OH is 1. The standard InChI is InChI=1S/C17H32N2O6/c1-4-5-6-7-8-15(21)18-9-10-19(11-12-20,13(2)16(22)23)14(3)17(24)25/h13-14,20H,4-12H2,1-3H3,(H2-,18,21,22,23,24,25)/p+1. The number of carbonyl (C=O) groups is 3. The highest BCUT2D eigenvalue weighted by atomic mass is 16.4. The van der Waals surface area contributed by atoms with Crippen molar-refractivity contribution < 1.29 is 34.2 Å². The molecule has 0 aliphatic heterocycles. The van der Waals surface area contributed by atoms with Crippen LogP contribution in [0.3, 0.4) is 0 Å². The Bertz CT molecular complexity index is 421. The van der Waals surface area contributed by atoms with E-state index in [1.54, 1.807) is 0 Å². The third-order valence-corrected chi connectivity index (χ3v) is 4.88. The van der Waals surface area contributed by atoms with E-state index in [0.717, 1.165) is 25.7 Å². The SMILES string of the molecule is CCCCCCC(=O)NCC[N+](CCO)(C(C)C(=O)O)C(C)C(=O)O. The Hall–Kier alpha value is -1.67. The Balaban J connectivity index is 4.91. The lowest BCUT2D eigenvalue weighted by atomic mass is 10.1. The molecule has 0 saturated carbocycles. The molecule has 0 heterocycles. The average molecular weight is 361 g/mol. The van der Waals surface area contributed by atoms with Crippen LogP contribution in [0.25, 0.3) is 0 Å². The van der Waals surface area contributed by atoms with E-state index in [2.05, 4.69) is 12.2 Å². The van der Waals surface area contributed by atoms with E-state index in [4.69, 9.17) is 0 Å². The molecule has 0 aromatic rings. The smallest absolute Gasteiger partial charge is 0.362 e. The van der Waals surface area contributed by atoms with Crippen LogP contribution in [0.5, 0.6) is 0 Å². The first-order valence-electron chi connectivity index (χ1n) is 8.92. The molecular weight excluding hydrogens is 328 g/mol. The van der Waals surface area contributed by atoms with Crippen LogP contribution < -0.4 is 5.32 Å². The molecule has 2 atom stereocenters. The largest absolute Gasteiger partial charge is 0.477 e. The lowest BCUT2D eigenvalue weighted by molar-refractivity contribution is -0.954. The van der Waals surface area contributed by atoms with Gasteiger partial charge in [0, 0.05) is 6.42 Å². The number of carboxylic acids is 2. The van der Waals surface area contributed by atoms with Gasteiger partial charge in [0.15, 0.2) is 12.1 Å². The second-order valence-electron chi connectivity index (χ2n) is 6.46. The Morgan fingerprint density at radius 3 is 1.96 bits per heavy atom. The number of carboxylic acid groups (broad SMARTS) is 2. The maximum Gasteiger partial charge on any atom is 0.362 e. The van der Waals surface area contributed by atoms with Gasteiger partial charge in [-0.2, -0.15) is 0 Å². The van der Waals surface area contributed by atoms with Gasteiger partial charge in [-0.05, 0) is 20.3 Å². The van der Waals surface area contributed by atoms with Gasteiger partial charge in [0.05, 0.1) is 19.7 Å². The summed E-state index contributed by atoms with van der Waals surface area (Å²) < 4.78 is -0.322. The summed E-state index contributed by atoms with van der Waals surface area (Å²) in [6.45, 7) is 4.91. The third kappa shape index (κ3) is 7.39. The van der Waals surface area contributed by atoms with E-state index >= 15 is 0 Å². The van der Waals surface area contributed by atoms with Gasteiger partial charge in [0.25, 0.3) is 0 Å². The van der Waals surface area contributed by atoms with Crippen molar-refractivity contribution in [3.05, 3.63) is 0 Å². The first-order chi connectivity index (χ1) is 11.7. The molecule has 0 aliphatic carbocycles. The third-order valence-electron chi connectivity index (χ3n) is 4.88. The fourth-order valence-electron chi connectivity index (χ4n) is 3.05. The van der Waals surface area contributed by atoms with Gasteiger partial charge in [0.2, 0.25) is 5.91 Å². The maximum atomic E-state index is 11.9. The first kappa shape index (κ1) is 23.3. The number of amides is 1. The minimum absolute atomic E-state index is 0.00664. The summed E-state index contributed by atoms with van der Waals surface area (Å²) in [4.78, 5) is 34.8. The van der Waals surface area contributed by atoms with Crippen molar-refractivity contribution >= 4 is 17.8 Å². The molecule has 4 N–H and O–H groups in total. The average Bonchev–Trinajstić information content (AvgIpc) is 2.56. The Labute approximate surface area is 149 Å². The molecule has 0 saturated heterocycles. The lowest BCUT2D eigenvalue weighted by Crippen LogP contribution is -2.67. The van der Waals surface area contributed by atoms with Crippen molar-refractivity contribution in [1.82, 2.24) is 5.32 Å². The summed E-state index contributed by atoms with van der Waals surface area (Å²) in [6.07, 6.45) is 4.36. The van der Waals surface area contributed by atoms with Crippen LogP contribution in [-0.4, -0.2) is 76.0 Å². The van der Waals surface area contributed by atoms with Gasteiger partial charge >= 0.3 is 11.9 Å². The molecule has 0 fully saturated rings. The van der Waals surface area contributed by atoms with Gasteiger partial charge < -0.3 is 20.6 Å². The zero-order valence-corrected chi connectivity index (χ0v) is 15.5. The molecule has 2 unspecified atom stereocenters. The van der Waals surface area contributed by atoms with Crippen molar-refractivity contribution in [2.24, 2.45) is 0 Å². The van der Waals surface area contributed by atoms with Crippen LogP contribution in [0, 0.1) is 0 Å². The molecule has 1 amide bonds. The second kappa shape index (κ2) is 11.8. The number of aliphatic carboxylic acids is 2. The summed E-state index contributed by atoms with van der Waals surface area (Å²) >= 11 is 0. The molecule has 0 radical (unpaired) electrons. The van der Waals surface area contributed by atoms with Gasteiger partial charge in [-0.25, -0.2) is 9.59 Å².